The highest BCUT2D eigenvalue weighted by atomic mass is 16.5. The molecule has 0 aliphatic heterocycles. The third-order valence-corrected chi connectivity index (χ3v) is 2.74. The predicted molar refractivity (Wildman–Crippen MR) is 57.7 cm³/mol. The van der Waals surface area contributed by atoms with Gasteiger partial charge >= 0.3 is 0 Å². The fraction of sp³-hybridized carbons (Fsp3) is 0.500. The molecule has 0 spiro atoms. The number of benzene rings is 1. The first-order valence-corrected chi connectivity index (χ1v) is 4.94. The van der Waals surface area contributed by atoms with Crippen molar-refractivity contribution in [1.29, 1.82) is 0 Å². The number of rotatable bonds is 3. The minimum atomic E-state index is -0.361. The normalized spacial score (nSPS) is 12.6. The van der Waals surface area contributed by atoms with Crippen LogP contribution in [0.25, 0.3) is 0 Å². The Labute approximate surface area is 85.5 Å². The number of aliphatic hydroxyl groups is 1. The lowest BCUT2D eigenvalue weighted by Crippen LogP contribution is -2.01. The van der Waals surface area contributed by atoms with Crippen molar-refractivity contribution in [3.05, 3.63) is 28.8 Å². The molecule has 0 aliphatic carbocycles. The highest BCUT2D eigenvalue weighted by molar-refractivity contribution is 5.44. The maximum absolute atomic E-state index is 9.76. The largest absolute Gasteiger partial charge is 0.496 e. The smallest absolute Gasteiger partial charge is 0.122 e. The summed E-state index contributed by atoms with van der Waals surface area (Å²) in [5.74, 6) is 0.884. The van der Waals surface area contributed by atoms with Crippen LogP contribution < -0.4 is 4.74 Å². The van der Waals surface area contributed by atoms with E-state index in [2.05, 4.69) is 0 Å². The second kappa shape index (κ2) is 4.47. The number of hydrogen-bond acceptors (Lipinski definition) is 2. The van der Waals surface area contributed by atoms with Crippen LogP contribution in [-0.2, 0) is 0 Å². The minimum Gasteiger partial charge on any atom is -0.496 e. The lowest BCUT2D eigenvalue weighted by atomic mass is 9.97. The average molecular weight is 194 g/mol. The van der Waals surface area contributed by atoms with Gasteiger partial charge < -0.3 is 9.84 Å². The molecule has 78 valence electrons. The molecule has 1 atom stereocenters. The van der Waals surface area contributed by atoms with Crippen molar-refractivity contribution in [2.45, 2.75) is 33.3 Å². The van der Waals surface area contributed by atoms with Crippen molar-refractivity contribution in [3.8, 4) is 5.75 Å². The highest BCUT2D eigenvalue weighted by Gasteiger charge is 2.11. The summed E-state index contributed by atoms with van der Waals surface area (Å²) in [6.45, 7) is 6.01. The van der Waals surface area contributed by atoms with Crippen LogP contribution in [0.15, 0.2) is 12.1 Å². The fourth-order valence-electron chi connectivity index (χ4n) is 1.62. The first-order chi connectivity index (χ1) is 6.61. The molecule has 0 fully saturated rings. The molecule has 1 aromatic carbocycles. The van der Waals surface area contributed by atoms with Crippen molar-refractivity contribution >= 4 is 0 Å². The number of ether oxygens (including phenoxy) is 1. The first kappa shape index (κ1) is 11.1. The van der Waals surface area contributed by atoms with E-state index in [0.717, 1.165) is 28.9 Å². The molecule has 0 saturated carbocycles. The molecule has 0 aliphatic rings. The second-order valence-electron chi connectivity index (χ2n) is 3.53. The SMILES string of the molecule is CCC(O)c1ccc(OC)c(C)c1C. The summed E-state index contributed by atoms with van der Waals surface area (Å²) in [7, 11) is 1.66. The van der Waals surface area contributed by atoms with E-state index in [-0.39, 0.29) is 6.10 Å². The van der Waals surface area contributed by atoms with Gasteiger partial charge in [-0.25, -0.2) is 0 Å². The standard InChI is InChI=1S/C12H18O2/c1-5-11(13)10-6-7-12(14-4)9(3)8(10)2/h6-7,11,13H,5H2,1-4H3. The molecule has 1 aromatic rings. The topological polar surface area (TPSA) is 29.5 Å². The van der Waals surface area contributed by atoms with E-state index in [1.807, 2.05) is 32.9 Å². The van der Waals surface area contributed by atoms with Crippen molar-refractivity contribution in [2.24, 2.45) is 0 Å². The van der Waals surface area contributed by atoms with E-state index < -0.39 is 0 Å². The zero-order chi connectivity index (χ0) is 10.7. The van der Waals surface area contributed by atoms with Crippen LogP contribution in [0.5, 0.6) is 5.75 Å². The van der Waals surface area contributed by atoms with Crippen molar-refractivity contribution in [3.63, 3.8) is 0 Å². The maximum Gasteiger partial charge on any atom is 0.122 e. The summed E-state index contributed by atoms with van der Waals surface area (Å²) in [6.07, 6.45) is 0.381. The van der Waals surface area contributed by atoms with Gasteiger partial charge in [0.25, 0.3) is 0 Å². The third kappa shape index (κ3) is 1.90. The molecule has 0 heterocycles. The predicted octanol–water partition coefficient (Wildman–Crippen LogP) is 2.76. The molecule has 14 heavy (non-hydrogen) atoms. The Morgan fingerprint density at radius 3 is 2.43 bits per heavy atom. The van der Waals surface area contributed by atoms with Crippen molar-refractivity contribution in [2.75, 3.05) is 7.11 Å². The fourth-order valence-corrected chi connectivity index (χ4v) is 1.62. The molecule has 1 rings (SSSR count). The molecule has 1 N–H and O–H groups in total. The van der Waals surface area contributed by atoms with Crippen LogP contribution in [0.3, 0.4) is 0 Å². The van der Waals surface area contributed by atoms with Gasteiger partial charge in [0.05, 0.1) is 13.2 Å². The molecule has 2 heteroatoms. The Kier molecular flexibility index (Phi) is 3.53. The minimum absolute atomic E-state index is 0.361. The van der Waals surface area contributed by atoms with Gasteiger partial charge in [-0.3, -0.25) is 0 Å². The van der Waals surface area contributed by atoms with Gasteiger partial charge in [-0.05, 0) is 43.0 Å². The summed E-state index contributed by atoms with van der Waals surface area (Å²) in [4.78, 5) is 0. The van der Waals surface area contributed by atoms with Gasteiger partial charge in [0.1, 0.15) is 5.75 Å². The van der Waals surface area contributed by atoms with Crippen LogP contribution in [0.4, 0.5) is 0 Å². The molecule has 0 aromatic heterocycles. The van der Waals surface area contributed by atoms with Crippen molar-refractivity contribution in [1.82, 2.24) is 0 Å². The summed E-state index contributed by atoms with van der Waals surface area (Å²) in [5.41, 5.74) is 3.24. The van der Waals surface area contributed by atoms with E-state index in [1.165, 1.54) is 0 Å². The van der Waals surface area contributed by atoms with Gasteiger partial charge in [-0.2, -0.15) is 0 Å². The number of hydrogen-bond donors (Lipinski definition) is 1. The Balaban J connectivity index is 3.17. The Bertz CT molecular complexity index is 318. The summed E-state index contributed by atoms with van der Waals surface area (Å²) >= 11 is 0. The maximum atomic E-state index is 9.76. The van der Waals surface area contributed by atoms with E-state index >= 15 is 0 Å². The van der Waals surface area contributed by atoms with E-state index in [4.69, 9.17) is 4.74 Å². The van der Waals surface area contributed by atoms with Gasteiger partial charge in [0.15, 0.2) is 0 Å². The van der Waals surface area contributed by atoms with E-state index in [1.54, 1.807) is 7.11 Å². The second-order valence-corrected chi connectivity index (χ2v) is 3.53. The Morgan fingerprint density at radius 1 is 1.29 bits per heavy atom. The van der Waals surface area contributed by atoms with E-state index in [0.29, 0.717) is 0 Å². The molecule has 1 unspecified atom stereocenters. The molecule has 2 nitrogen and oxygen atoms in total. The first-order valence-electron chi connectivity index (χ1n) is 4.94. The molecule has 0 saturated heterocycles. The lowest BCUT2D eigenvalue weighted by Gasteiger charge is -2.15. The van der Waals surface area contributed by atoms with Crippen LogP contribution in [0, 0.1) is 13.8 Å². The highest BCUT2D eigenvalue weighted by Crippen LogP contribution is 2.28. The third-order valence-electron chi connectivity index (χ3n) is 2.74. The zero-order valence-corrected chi connectivity index (χ0v) is 9.29. The molecular weight excluding hydrogens is 176 g/mol. The summed E-state index contributed by atoms with van der Waals surface area (Å²) in [5, 5.41) is 9.76. The molecule has 0 amide bonds. The van der Waals surface area contributed by atoms with Crippen LogP contribution in [0.2, 0.25) is 0 Å². The Hall–Kier alpha value is -1.02. The van der Waals surface area contributed by atoms with Crippen LogP contribution >= 0.6 is 0 Å². The van der Waals surface area contributed by atoms with E-state index in [9.17, 15) is 5.11 Å². The monoisotopic (exact) mass is 194 g/mol. The molecule has 0 radical (unpaired) electrons. The average Bonchev–Trinajstić information content (AvgIpc) is 2.21. The van der Waals surface area contributed by atoms with Gasteiger partial charge in [-0.1, -0.05) is 13.0 Å². The number of aliphatic hydroxyl groups excluding tert-OH is 1. The molecular formula is C12H18O2. The number of methoxy groups -OCH3 is 1. The quantitative estimate of drug-likeness (QED) is 0.801. The van der Waals surface area contributed by atoms with Gasteiger partial charge in [0, 0.05) is 0 Å². The lowest BCUT2D eigenvalue weighted by molar-refractivity contribution is 0.173. The summed E-state index contributed by atoms with van der Waals surface area (Å²) in [6, 6.07) is 3.85. The van der Waals surface area contributed by atoms with Gasteiger partial charge in [0.2, 0.25) is 0 Å². The Morgan fingerprint density at radius 2 is 1.93 bits per heavy atom. The zero-order valence-electron chi connectivity index (χ0n) is 9.29. The summed E-state index contributed by atoms with van der Waals surface area (Å²) < 4.78 is 5.21. The van der Waals surface area contributed by atoms with Crippen LogP contribution in [0.1, 0.15) is 36.1 Å². The van der Waals surface area contributed by atoms with Crippen LogP contribution in [-0.4, -0.2) is 12.2 Å². The van der Waals surface area contributed by atoms with Gasteiger partial charge in [-0.15, -0.1) is 0 Å². The van der Waals surface area contributed by atoms with Crippen molar-refractivity contribution < 1.29 is 9.84 Å². The molecule has 0 bridgehead atoms.